The van der Waals surface area contributed by atoms with Crippen LogP contribution in [-0.4, -0.2) is 32.6 Å². The lowest BCUT2D eigenvalue weighted by Crippen LogP contribution is -2.37. The number of rotatable bonds is 9. The molecule has 0 fully saturated rings. The van der Waals surface area contributed by atoms with Crippen LogP contribution in [0, 0.1) is 13.8 Å². The number of benzene rings is 2. The van der Waals surface area contributed by atoms with Crippen molar-refractivity contribution in [1.82, 2.24) is 14.9 Å². The molecule has 0 spiro atoms. The standard InChI is InChI=1S/C27H29N3O2S2/c1-18-19(2)34-26-24(18)25(31)28-23(29-26)17-33-20(3)27(32)30(16-22-12-8-5-9-13-22)15-14-21-10-6-4-7-11-21/h4-13,20H,14-17H2,1-3H3,(H,28,29,31). The summed E-state index contributed by atoms with van der Waals surface area (Å²) in [5.74, 6) is 1.18. The molecule has 0 aliphatic carbocycles. The number of aryl methyl sites for hydroxylation is 2. The maximum Gasteiger partial charge on any atom is 0.259 e. The van der Waals surface area contributed by atoms with Crippen LogP contribution in [0.4, 0.5) is 0 Å². The van der Waals surface area contributed by atoms with Gasteiger partial charge in [-0.3, -0.25) is 9.59 Å². The van der Waals surface area contributed by atoms with Crippen LogP contribution in [0.25, 0.3) is 10.2 Å². The molecule has 1 N–H and O–H groups in total. The van der Waals surface area contributed by atoms with Crippen LogP contribution in [0.2, 0.25) is 0 Å². The Kier molecular flexibility index (Phi) is 7.85. The number of carbonyl (C=O) groups is 1. The van der Waals surface area contributed by atoms with Crippen molar-refractivity contribution < 1.29 is 4.79 Å². The van der Waals surface area contributed by atoms with Gasteiger partial charge < -0.3 is 9.88 Å². The monoisotopic (exact) mass is 491 g/mol. The lowest BCUT2D eigenvalue weighted by Gasteiger charge is -2.26. The van der Waals surface area contributed by atoms with Crippen LogP contribution in [-0.2, 0) is 23.5 Å². The highest BCUT2D eigenvalue weighted by atomic mass is 32.2. The van der Waals surface area contributed by atoms with E-state index in [1.165, 1.54) is 17.3 Å². The second-order valence-electron chi connectivity index (χ2n) is 8.41. The van der Waals surface area contributed by atoms with Gasteiger partial charge in [0.1, 0.15) is 10.7 Å². The first-order chi connectivity index (χ1) is 16.4. The molecule has 5 nitrogen and oxygen atoms in total. The second-order valence-corrected chi connectivity index (χ2v) is 10.9. The Balaban J connectivity index is 1.45. The molecule has 1 unspecified atom stereocenters. The van der Waals surface area contributed by atoms with Crippen molar-refractivity contribution in [2.24, 2.45) is 0 Å². The SMILES string of the molecule is Cc1sc2nc(CSC(C)C(=O)N(CCc3ccccc3)Cc3ccccc3)[nH]c(=O)c2c1C. The number of H-pyrrole nitrogens is 1. The molecule has 4 rings (SSSR count). The highest BCUT2D eigenvalue weighted by molar-refractivity contribution is 7.99. The zero-order chi connectivity index (χ0) is 24.1. The average Bonchev–Trinajstić information content (AvgIpc) is 3.14. The normalized spacial score (nSPS) is 12.1. The van der Waals surface area contributed by atoms with Crippen molar-refractivity contribution in [2.75, 3.05) is 6.54 Å². The predicted molar refractivity (Wildman–Crippen MR) is 142 cm³/mol. The quantitative estimate of drug-likeness (QED) is 0.336. The molecule has 0 radical (unpaired) electrons. The Labute approximate surface area is 208 Å². The van der Waals surface area contributed by atoms with Gasteiger partial charge in [0.25, 0.3) is 5.56 Å². The van der Waals surface area contributed by atoms with E-state index in [1.54, 1.807) is 11.3 Å². The fourth-order valence-corrected chi connectivity index (χ4v) is 5.76. The number of nitrogens with one attached hydrogen (secondary N) is 1. The van der Waals surface area contributed by atoms with Gasteiger partial charge in [0.05, 0.1) is 16.4 Å². The minimum atomic E-state index is -0.257. The van der Waals surface area contributed by atoms with Gasteiger partial charge in [0.15, 0.2) is 0 Å². The zero-order valence-corrected chi connectivity index (χ0v) is 21.3. The number of nitrogens with zero attached hydrogens (tertiary/aromatic N) is 2. The van der Waals surface area contributed by atoms with E-state index in [-0.39, 0.29) is 16.7 Å². The molecular weight excluding hydrogens is 462 g/mol. The molecule has 176 valence electrons. The molecule has 1 atom stereocenters. The molecule has 1 amide bonds. The summed E-state index contributed by atoms with van der Waals surface area (Å²) < 4.78 is 0. The van der Waals surface area contributed by atoms with E-state index < -0.39 is 0 Å². The maximum atomic E-state index is 13.4. The van der Waals surface area contributed by atoms with Crippen molar-refractivity contribution in [3.8, 4) is 0 Å². The molecule has 0 bridgehead atoms. The third-order valence-corrected chi connectivity index (χ3v) is 8.19. The number of aromatic amines is 1. The number of thioether (sulfide) groups is 1. The number of fused-ring (bicyclic) bond motifs is 1. The number of hydrogen-bond acceptors (Lipinski definition) is 5. The van der Waals surface area contributed by atoms with Gasteiger partial charge in [-0.2, -0.15) is 0 Å². The minimum Gasteiger partial charge on any atom is -0.337 e. The smallest absolute Gasteiger partial charge is 0.259 e. The lowest BCUT2D eigenvalue weighted by molar-refractivity contribution is -0.130. The summed E-state index contributed by atoms with van der Waals surface area (Å²) in [6.45, 7) is 7.12. The third kappa shape index (κ3) is 5.77. The van der Waals surface area contributed by atoms with Crippen molar-refractivity contribution in [3.63, 3.8) is 0 Å². The van der Waals surface area contributed by atoms with Crippen LogP contribution in [0.1, 0.15) is 34.3 Å². The van der Waals surface area contributed by atoms with Crippen LogP contribution in [0.3, 0.4) is 0 Å². The zero-order valence-electron chi connectivity index (χ0n) is 19.7. The van der Waals surface area contributed by atoms with Gasteiger partial charge in [-0.25, -0.2) is 4.98 Å². The van der Waals surface area contributed by atoms with Gasteiger partial charge >= 0.3 is 0 Å². The van der Waals surface area contributed by atoms with Crippen molar-refractivity contribution in [3.05, 3.63) is 98.4 Å². The molecule has 2 aromatic heterocycles. The molecular formula is C27H29N3O2S2. The van der Waals surface area contributed by atoms with E-state index >= 15 is 0 Å². The summed E-state index contributed by atoms with van der Waals surface area (Å²) >= 11 is 3.05. The fourth-order valence-electron chi connectivity index (χ4n) is 3.88. The number of amides is 1. The van der Waals surface area contributed by atoms with Crippen molar-refractivity contribution >= 4 is 39.2 Å². The largest absolute Gasteiger partial charge is 0.337 e. The van der Waals surface area contributed by atoms with Gasteiger partial charge in [-0.1, -0.05) is 60.7 Å². The van der Waals surface area contributed by atoms with Crippen LogP contribution in [0.15, 0.2) is 65.5 Å². The summed E-state index contributed by atoms with van der Waals surface area (Å²) in [5, 5.41) is 0.419. The van der Waals surface area contributed by atoms with E-state index in [1.807, 2.05) is 62.1 Å². The van der Waals surface area contributed by atoms with Gasteiger partial charge in [-0.05, 0) is 43.9 Å². The average molecular weight is 492 g/mol. The summed E-state index contributed by atoms with van der Waals surface area (Å²) in [4.78, 5) is 37.4. The summed E-state index contributed by atoms with van der Waals surface area (Å²) in [6.07, 6.45) is 0.805. The highest BCUT2D eigenvalue weighted by Crippen LogP contribution is 2.27. The molecule has 0 saturated carbocycles. The van der Waals surface area contributed by atoms with E-state index in [9.17, 15) is 9.59 Å². The van der Waals surface area contributed by atoms with E-state index in [0.29, 0.717) is 30.1 Å². The van der Waals surface area contributed by atoms with Crippen molar-refractivity contribution in [2.45, 2.75) is 44.7 Å². The highest BCUT2D eigenvalue weighted by Gasteiger charge is 2.22. The first-order valence-electron chi connectivity index (χ1n) is 11.4. The Morgan fingerprint density at radius 2 is 1.71 bits per heavy atom. The number of aromatic nitrogens is 2. The minimum absolute atomic E-state index is 0.0935. The third-order valence-electron chi connectivity index (χ3n) is 5.95. The van der Waals surface area contributed by atoms with Gasteiger partial charge in [0, 0.05) is 18.0 Å². The van der Waals surface area contributed by atoms with Gasteiger partial charge in [-0.15, -0.1) is 23.1 Å². The summed E-state index contributed by atoms with van der Waals surface area (Å²) in [6, 6.07) is 20.3. The Bertz CT molecular complexity index is 1320. The molecule has 4 aromatic rings. The Morgan fingerprint density at radius 1 is 1.06 bits per heavy atom. The Hall–Kier alpha value is -2.90. The lowest BCUT2D eigenvalue weighted by atomic mass is 10.1. The Morgan fingerprint density at radius 3 is 2.38 bits per heavy atom. The molecule has 2 heterocycles. The van der Waals surface area contributed by atoms with Crippen LogP contribution in [0.5, 0.6) is 0 Å². The van der Waals surface area contributed by atoms with E-state index in [0.717, 1.165) is 27.3 Å². The van der Waals surface area contributed by atoms with E-state index in [4.69, 9.17) is 0 Å². The molecule has 7 heteroatoms. The molecule has 2 aromatic carbocycles. The first-order valence-corrected chi connectivity index (χ1v) is 13.3. The molecule has 34 heavy (non-hydrogen) atoms. The number of hydrogen-bond donors (Lipinski definition) is 1. The topological polar surface area (TPSA) is 66.1 Å². The molecule has 0 aliphatic heterocycles. The van der Waals surface area contributed by atoms with Crippen molar-refractivity contribution in [1.29, 1.82) is 0 Å². The fraction of sp³-hybridized carbons (Fsp3) is 0.296. The van der Waals surface area contributed by atoms with Crippen LogP contribution < -0.4 is 5.56 Å². The maximum absolute atomic E-state index is 13.4. The molecule has 0 saturated heterocycles. The summed E-state index contributed by atoms with van der Waals surface area (Å²) in [7, 11) is 0. The van der Waals surface area contributed by atoms with Crippen LogP contribution >= 0.6 is 23.1 Å². The number of carbonyl (C=O) groups excluding carboxylic acids is 1. The number of thiophene rings is 1. The molecule has 0 aliphatic rings. The van der Waals surface area contributed by atoms with Gasteiger partial charge in [0.2, 0.25) is 5.91 Å². The first kappa shape index (κ1) is 24.2. The predicted octanol–water partition coefficient (Wildman–Crippen LogP) is 5.49. The second kappa shape index (κ2) is 11.0. The van der Waals surface area contributed by atoms with E-state index in [2.05, 4.69) is 34.2 Å². The summed E-state index contributed by atoms with van der Waals surface area (Å²) in [5.41, 5.74) is 3.22.